The minimum atomic E-state index is -0.842. The fourth-order valence-electron chi connectivity index (χ4n) is 3.82. The highest BCUT2D eigenvalue weighted by Gasteiger charge is 2.30. The second kappa shape index (κ2) is 6.22. The molecule has 0 saturated carbocycles. The lowest BCUT2D eigenvalue weighted by atomic mass is 9.94. The van der Waals surface area contributed by atoms with Gasteiger partial charge in [-0.3, -0.25) is 4.79 Å². The van der Waals surface area contributed by atoms with E-state index in [9.17, 15) is 9.90 Å². The van der Waals surface area contributed by atoms with Gasteiger partial charge in [-0.05, 0) is 49.4 Å². The molecule has 2 aromatic rings. The van der Waals surface area contributed by atoms with E-state index in [0.717, 1.165) is 18.4 Å². The molecule has 0 unspecified atom stereocenters. The van der Waals surface area contributed by atoms with Crippen molar-refractivity contribution >= 4 is 16.8 Å². The Morgan fingerprint density at radius 1 is 1.25 bits per heavy atom. The average Bonchev–Trinajstić information content (AvgIpc) is 2.98. The van der Waals surface area contributed by atoms with Crippen LogP contribution in [0.15, 0.2) is 18.2 Å². The van der Waals surface area contributed by atoms with Crippen molar-refractivity contribution in [1.82, 2.24) is 10.3 Å². The number of hydrogen-bond donors (Lipinski definition) is 3. The Morgan fingerprint density at radius 2 is 2.04 bits per heavy atom. The first kappa shape index (κ1) is 15.7. The molecule has 5 nitrogen and oxygen atoms in total. The number of nitrogens with one attached hydrogen (secondary N) is 2. The van der Waals surface area contributed by atoms with Crippen LogP contribution < -0.4 is 5.32 Å². The summed E-state index contributed by atoms with van der Waals surface area (Å²) in [5.41, 5.74) is 3.62. The Bertz CT molecular complexity index is 759. The van der Waals surface area contributed by atoms with E-state index in [4.69, 9.17) is 4.74 Å². The van der Waals surface area contributed by atoms with Crippen LogP contribution in [0.2, 0.25) is 0 Å². The van der Waals surface area contributed by atoms with Crippen LogP contribution in [0, 0.1) is 0 Å². The molecular formula is C19H24N2O3. The van der Waals surface area contributed by atoms with E-state index < -0.39 is 5.60 Å². The normalized spacial score (nSPS) is 19.9. The van der Waals surface area contributed by atoms with Gasteiger partial charge in [-0.1, -0.05) is 0 Å². The van der Waals surface area contributed by atoms with E-state index in [-0.39, 0.29) is 12.5 Å². The molecule has 0 bridgehead atoms. The molecule has 24 heavy (non-hydrogen) atoms. The number of benzene rings is 1. The molecule has 1 amide bonds. The minimum absolute atomic E-state index is 0.123. The molecule has 1 aliphatic heterocycles. The number of aromatic nitrogens is 1. The van der Waals surface area contributed by atoms with Crippen molar-refractivity contribution in [3.05, 3.63) is 35.0 Å². The summed E-state index contributed by atoms with van der Waals surface area (Å²) in [6, 6.07) is 5.83. The van der Waals surface area contributed by atoms with Crippen molar-refractivity contribution in [3.63, 3.8) is 0 Å². The fourth-order valence-corrected chi connectivity index (χ4v) is 3.82. The molecule has 1 aromatic carbocycles. The van der Waals surface area contributed by atoms with Gasteiger partial charge in [-0.15, -0.1) is 0 Å². The second-order valence-electron chi connectivity index (χ2n) is 7.07. The molecule has 3 N–H and O–H groups in total. The summed E-state index contributed by atoms with van der Waals surface area (Å²) in [6.45, 7) is 1.38. The lowest BCUT2D eigenvalue weighted by Crippen LogP contribution is -2.46. The first-order valence-corrected chi connectivity index (χ1v) is 8.86. The Morgan fingerprint density at radius 3 is 2.88 bits per heavy atom. The summed E-state index contributed by atoms with van der Waals surface area (Å²) in [6.07, 6.45) is 5.76. The molecule has 0 atom stereocenters. The molecule has 0 spiro atoms. The van der Waals surface area contributed by atoms with Gasteiger partial charge < -0.3 is 20.1 Å². The highest BCUT2D eigenvalue weighted by Crippen LogP contribution is 2.29. The zero-order valence-corrected chi connectivity index (χ0v) is 13.9. The van der Waals surface area contributed by atoms with Crippen molar-refractivity contribution in [2.75, 3.05) is 19.8 Å². The molecule has 4 rings (SSSR count). The maximum atomic E-state index is 12.5. The van der Waals surface area contributed by atoms with E-state index in [1.54, 1.807) is 0 Å². The Balaban J connectivity index is 1.51. The maximum Gasteiger partial charge on any atom is 0.251 e. The predicted octanol–water partition coefficient (Wildman–Crippen LogP) is 2.32. The minimum Gasteiger partial charge on any atom is -0.388 e. The maximum absolute atomic E-state index is 12.5. The monoisotopic (exact) mass is 328 g/mol. The van der Waals surface area contributed by atoms with Gasteiger partial charge in [0.05, 0.1) is 5.60 Å². The number of carbonyl (C=O) groups excluding carboxylic acids is 1. The van der Waals surface area contributed by atoms with Gasteiger partial charge in [0.2, 0.25) is 0 Å². The average molecular weight is 328 g/mol. The van der Waals surface area contributed by atoms with Gasteiger partial charge in [0, 0.05) is 54.8 Å². The number of aliphatic hydroxyl groups is 1. The zero-order chi connectivity index (χ0) is 16.6. The Hall–Kier alpha value is -1.85. The number of hydrogen-bond acceptors (Lipinski definition) is 3. The van der Waals surface area contributed by atoms with Crippen LogP contribution in [0.5, 0.6) is 0 Å². The first-order chi connectivity index (χ1) is 11.6. The zero-order valence-electron chi connectivity index (χ0n) is 13.9. The smallest absolute Gasteiger partial charge is 0.251 e. The highest BCUT2D eigenvalue weighted by atomic mass is 16.5. The van der Waals surface area contributed by atoms with Crippen molar-refractivity contribution in [1.29, 1.82) is 0 Å². The van der Waals surface area contributed by atoms with Gasteiger partial charge in [0.25, 0.3) is 5.91 Å². The van der Waals surface area contributed by atoms with E-state index >= 15 is 0 Å². The van der Waals surface area contributed by atoms with E-state index in [1.807, 2.05) is 18.2 Å². The summed E-state index contributed by atoms with van der Waals surface area (Å²) in [5.74, 6) is -0.123. The first-order valence-electron chi connectivity index (χ1n) is 8.86. The van der Waals surface area contributed by atoms with Crippen molar-refractivity contribution in [2.24, 2.45) is 0 Å². The van der Waals surface area contributed by atoms with Crippen LogP contribution >= 0.6 is 0 Å². The number of H-pyrrole nitrogens is 1. The van der Waals surface area contributed by atoms with E-state index in [0.29, 0.717) is 31.6 Å². The summed E-state index contributed by atoms with van der Waals surface area (Å²) in [4.78, 5) is 16.0. The van der Waals surface area contributed by atoms with E-state index in [2.05, 4.69) is 10.3 Å². The van der Waals surface area contributed by atoms with Crippen LogP contribution in [0.4, 0.5) is 0 Å². The molecule has 1 saturated heterocycles. The molecule has 5 heteroatoms. The number of amides is 1. The van der Waals surface area contributed by atoms with Gasteiger partial charge >= 0.3 is 0 Å². The summed E-state index contributed by atoms with van der Waals surface area (Å²) in [7, 11) is 0. The van der Waals surface area contributed by atoms with Crippen molar-refractivity contribution in [3.8, 4) is 0 Å². The third kappa shape index (κ3) is 2.94. The number of fused-ring (bicyclic) bond motifs is 3. The van der Waals surface area contributed by atoms with Crippen LogP contribution in [0.3, 0.4) is 0 Å². The third-order valence-electron chi connectivity index (χ3n) is 5.36. The SMILES string of the molecule is O=C(NCC1(O)CCOCC1)c1ccc2[nH]c3c(c2c1)CCCC3. The van der Waals surface area contributed by atoms with Crippen LogP contribution in [-0.4, -0.2) is 41.4 Å². The van der Waals surface area contributed by atoms with E-state index in [1.165, 1.54) is 29.5 Å². The highest BCUT2D eigenvalue weighted by molar-refractivity contribution is 5.99. The second-order valence-corrected chi connectivity index (χ2v) is 7.07. The lowest BCUT2D eigenvalue weighted by molar-refractivity contribution is -0.0605. The van der Waals surface area contributed by atoms with Crippen LogP contribution in [0.1, 0.15) is 47.3 Å². The summed E-state index contributed by atoms with van der Waals surface area (Å²) < 4.78 is 5.27. The molecule has 128 valence electrons. The van der Waals surface area contributed by atoms with Gasteiger partial charge in [-0.2, -0.15) is 0 Å². The molecule has 1 aromatic heterocycles. The Labute approximate surface area is 141 Å². The molecule has 1 aliphatic carbocycles. The lowest BCUT2D eigenvalue weighted by Gasteiger charge is -2.32. The standard InChI is InChI=1S/C19H24N2O3/c22-18(20-12-19(23)7-9-24-10-8-19)13-5-6-17-15(11-13)14-3-1-2-4-16(14)21-17/h5-6,11,21,23H,1-4,7-10,12H2,(H,20,22). The van der Waals surface area contributed by atoms with Gasteiger partial charge in [0.15, 0.2) is 0 Å². The fraction of sp³-hybridized carbons (Fsp3) is 0.526. The molecule has 2 aliphatic rings. The predicted molar refractivity (Wildman–Crippen MR) is 92.3 cm³/mol. The molecule has 0 radical (unpaired) electrons. The van der Waals surface area contributed by atoms with Gasteiger partial charge in [-0.25, -0.2) is 0 Å². The third-order valence-corrected chi connectivity index (χ3v) is 5.36. The molecule has 1 fully saturated rings. The number of aryl methyl sites for hydroxylation is 2. The Kier molecular flexibility index (Phi) is 4.06. The van der Waals surface area contributed by atoms with Crippen LogP contribution in [-0.2, 0) is 17.6 Å². The number of aromatic amines is 1. The number of carbonyl (C=O) groups is 1. The van der Waals surface area contributed by atoms with Gasteiger partial charge in [0.1, 0.15) is 0 Å². The summed E-state index contributed by atoms with van der Waals surface area (Å²) >= 11 is 0. The van der Waals surface area contributed by atoms with Crippen molar-refractivity contribution < 1.29 is 14.6 Å². The summed E-state index contributed by atoms with van der Waals surface area (Å²) in [5, 5.41) is 14.5. The molecule has 2 heterocycles. The number of rotatable bonds is 3. The van der Waals surface area contributed by atoms with Crippen molar-refractivity contribution in [2.45, 2.75) is 44.1 Å². The topological polar surface area (TPSA) is 74.3 Å². The van der Waals surface area contributed by atoms with Crippen LogP contribution in [0.25, 0.3) is 10.9 Å². The molecular weight excluding hydrogens is 304 g/mol. The largest absolute Gasteiger partial charge is 0.388 e. The number of ether oxygens (including phenoxy) is 1. The quantitative estimate of drug-likeness (QED) is 0.809.